The summed E-state index contributed by atoms with van der Waals surface area (Å²) in [6.45, 7) is -0.497. The van der Waals surface area contributed by atoms with Crippen LogP contribution < -0.4 is 14.9 Å². The zero-order chi connectivity index (χ0) is 53.6. The molecule has 16 nitrogen and oxygen atoms in total. The SMILES string of the molecule is C[C@H]1CC(F)(F)c2c1c(C(F)(F)F)nn2CC(=O)NC(Cc1cc(F)cc(F)c1)c1nc(C#CC(C)(C)S(C)=O)ccc1-c1ccc(Cl)c2c(N(C(=O)NCCOP(=O)(O)O)S(C)=O)nn(CC(F)(F)F)c12. The molecule has 4 N–H and O–H groups in total. The lowest BCUT2D eigenvalue weighted by Gasteiger charge is -2.23. The van der Waals surface area contributed by atoms with E-state index in [1.807, 2.05) is 0 Å². The minimum atomic E-state index is -5.23. The van der Waals surface area contributed by atoms with Gasteiger partial charge in [0.1, 0.15) is 51.8 Å². The van der Waals surface area contributed by atoms with Crippen molar-refractivity contribution in [3.8, 4) is 23.0 Å². The number of alkyl halides is 8. The number of phosphoric ester groups is 1. The average molecular weight is 1110 g/mol. The Bertz CT molecular complexity index is 3100. The smallest absolute Gasteiger partial charge is 0.346 e. The van der Waals surface area contributed by atoms with Crippen molar-refractivity contribution in [2.24, 2.45) is 0 Å². The van der Waals surface area contributed by atoms with Gasteiger partial charge in [0.15, 0.2) is 11.5 Å². The number of halogens is 11. The number of hydrogen-bond donors (Lipinski definition) is 4. The van der Waals surface area contributed by atoms with E-state index in [1.165, 1.54) is 32.2 Å². The number of carbonyl (C=O) groups is 2. The first kappa shape index (κ1) is 55.9. The zero-order valence-electron chi connectivity index (χ0n) is 37.9. The van der Waals surface area contributed by atoms with E-state index >= 15 is 8.78 Å². The van der Waals surface area contributed by atoms with Crippen LogP contribution in [0.15, 0.2) is 42.5 Å². The summed E-state index contributed by atoms with van der Waals surface area (Å²) in [5, 5.41) is 11.1. The van der Waals surface area contributed by atoms with Gasteiger partial charge in [0.2, 0.25) is 5.91 Å². The molecular formula is C42H40ClF10N8O8PS2. The molecule has 0 saturated heterocycles. The van der Waals surface area contributed by atoms with Gasteiger partial charge >= 0.3 is 26.2 Å². The van der Waals surface area contributed by atoms with Crippen LogP contribution in [0.4, 0.5) is 54.5 Å². The fraction of sp³-hybridized carbons (Fsp3) is 0.405. The molecule has 4 atom stereocenters. The summed E-state index contributed by atoms with van der Waals surface area (Å²) in [5.74, 6) is -4.06. The van der Waals surface area contributed by atoms with Crippen molar-refractivity contribution in [1.29, 1.82) is 0 Å². The predicted octanol–water partition coefficient (Wildman–Crippen LogP) is 7.93. The normalized spacial score (nSPS) is 16.2. The van der Waals surface area contributed by atoms with Gasteiger partial charge in [-0.3, -0.25) is 22.9 Å². The van der Waals surface area contributed by atoms with Crippen LogP contribution in [-0.4, -0.2) is 91.3 Å². The Kier molecular flexibility index (Phi) is 16.2. The fourth-order valence-electron chi connectivity index (χ4n) is 7.75. The minimum Gasteiger partial charge on any atom is -0.346 e. The number of amides is 3. The first-order valence-corrected chi connectivity index (χ1v) is 25.7. The van der Waals surface area contributed by atoms with Gasteiger partial charge in [-0.05, 0) is 68.0 Å². The van der Waals surface area contributed by atoms with Crippen LogP contribution >= 0.6 is 19.4 Å². The molecule has 1 aliphatic carbocycles. The molecule has 1 aliphatic rings. The minimum absolute atomic E-state index is 0.174. The van der Waals surface area contributed by atoms with Crippen LogP contribution in [0, 0.1) is 23.5 Å². The van der Waals surface area contributed by atoms with E-state index in [9.17, 15) is 57.7 Å². The molecule has 72 heavy (non-hydrogen) atoms. The maximum absolute atomic E-state index is 15.4. The van der Waals surface area contributed by atoms with Crippen molar-refractivity contribution in [2.45, 2.75) is 81.7 Å². The molecule has 3 heterocycles. The lowest BCUT2D eigenvalue weighted by Crippen LogP contribution is -2.42. The molecule has 6 rings (SSSR count). The number of anilines is 1. The third-order valence-corrected chi connectivity index (χ3v) is 14.1. The largest absolute Gasteiger partial charge is 0.469 e. The second-order valence-electron chi connectivity index (χ2n) is 16.7. The number of urea groups is 1. The number of pyridine rings is 1. The van der Waals surface area contributed by atoms with Crippen molar-refractivity contribution >= 4 is 69.9 Å². The van der Waals surface area contributed by atoms with Gasteiger partial charge in [-0.2, -0.15) is 49.6 Å². The molecule has 0 saturated carbocycles. The van der Waals surface area contributed by atoms with Crippen LogP contribution in [0.1, 0.15) is 73.1 Å². The van der Waals surface area contributed by atoms with E-state index in [-0.39, 0.29) is 32.8 Å². The Hall–Kier alpha value is -5.43. The maximum Gasteiger partial charge on any atom is 0.469 e. The summed E-state index contributed by atoms with van der Waals surface area (Å²) in [5.41, 5.74) is -5.53. The Morgan fingerprint density at radius 3 is 2.24 bits per heavy atom. The number of carbonyl (C=O) groups excluding carboxylic acids is 2. The summed E-state index contributed by atoms with van der Waals surface area (Å²) in [4.78, 5) is 50.3. The number of nitrogens with zero attached hydrogens (tertiary/aromatic N) is 6. The van der Waals surface area contributed by atoms with E-state index in [4.69, 9.17) is 21.4 Å². The lowest BCUT2D eigenvalue weighted by molar-refractivity contribution is -0.143. The van der Waals surface area contributed by atoms with Gasteiger partial charge in [-0.15, -0.1) is 0 Å². The number of rotatable bonds is 15. The summed E-state index contributed by atoms with van der Waals surface area (Å²) >= 11 is 6.64. The highest BCUT2D eigenvalue weighted by Gasteiger charge is 2.53. The van der Waals surface area contributed by atoms with Crippen molar-refractivity contribution in [3.63, 3.8) is 0 Å². The second-order valence-corrected chi connectivity index (χ2v) is 21.5. The second kappa shape index (κ2) is 20.8. The average Bonchev–Trinajstić information content (AvgIpc) is 3.87. The highest BCUT2D eigenvalue weighted by Crippen LogP contribution is 2.52. The molecule has 3 aromatic heterocycles. The van der Waals surface area contributed by atoms with E-state index in [1.54, 1.807) is 0 Å². The molecule has 3 amide bonds. The van der Waals surface area contributed by atoms with E-state index in [0.29, 0.717) is 15.1 Å². The molecule has 0 aliphatic heterocycles. The van der Waals surface area contributed by atoms with Crippen molar-refractivity contribution in [2.75, 3.05) is 30.0 Å². The number of phosphoric acid groups is 1. The van der Waals surface area contributed by atoms with Crippen LogP contribution in [-0.2, 0) is 67.3 Å². The van der Waals surface area contributed by atoms with Crippen molar-refractivity contribution < 1.29 is 80.8 Å². The number of hydrogen-bond acceptors (Lipinski definition) is 9. The zero-order valence-corrected chi connectivity index (χ0v) is 41.2. The van der Waals surface area contributed by atoms with Gasteiger partial charge in [-0.1, -0.05) is 30.5 Å². The molecule has 30 heteroatoms. The summed E-state index contributed by atoms with van der Waals surface area (Å²) in [7, 11) is -9.09. The molecule has 0 spiro atoms. The van der Waals surface area contributed by atoms with Crippen molar-refractivity contribution in [3.05, 3.63) is 93.0 Å². The Morgan fingerprint density at radius 1 is 1.01 bits per heavy atom. The van der Waals surface area contributed by atoms with Gasteiger partial charge in [0.25, 0.3) is 5.92 Å². The van der Waals surface area contributed by atoms with E-state index in [2.05, 4.69) is 42.2 Å². The first-order chi connectivity index (χ1) is 33.2. The molecule has 5 aromatic rings. The monoisotopic (exact) mass is 1100 g/mol. The van der Waals surface area contributed by atoms with Crippen LogP contribution in [0.3, 0.4) is 0 Å². The Balaban J connectivity index is 1.61. The Morgan fingerprint density at radius 2 is 1.65 bits per heavy atom. The van der Waals surface area contributed by atoms with Crippen molar-refractivity contribution in [1.82, 2.24) is 35.2 Å². The molecule has 0 bridgehead atoms. The topological polar surface area (TPSA) is 211 Å². The third kappa shape index (κ3) is 12.8. The lowest BCUT2D eigenvalue weighted by atomic mass is 9.93. The van der Waals surface area contributed by atoms with Gasteiger partial charge in [0.05, 0.1) is 34.3 Å². The van der Waals surface area contributed by atoms with E-state index in [0.717, 1.165) is 37.4 Å². The fourth-order valence-corrected chi connectivity index (χ4v) is 9.18. The summed E-state index contributed by atoms with van der Waals surface area (Å²) in [6.07, 6.45) is -9.75. The van der Waals surface area contributed by atoms with Crippen LogP contribution in [0.5, 0.6) is 0 Å². The Labute approximate surface area is 412 Å². The standard InChI is InChI=1S/C42H40ClF10N8O8PS2/c1-21-18-40(46,47)36-31(21)35(42(51,52)53)57-59(36)19-30(62)56-29(16-22-14-23(44)17-24(45)15-22)33-26(7-6-25(55-33)10-11-39(2,3)71(4)67)27-8-9-28(43)32-34(27)60(20-41(48,49)50)58-37(32)61(72(5)68)38(63)54-12-13-69-70(64,65)66/h6-9,14-15,17,21,29H,12-13,16,18-20H2,1-5H3,(H,54,63)(H,56,62)(H2,64,65,66)/t21-,29?,71?,72?/m0/s1. The summed E-state index contributed by atoms with van der Waals surface area (Å²) in [6, 6.07) is 3.83. The van der Waals surface area contributed by atoms with E-state index < -0.39 is 166 Å². The maximum atomic E-state index is 15.4. The molecule has 390 valence electrons. The summed E-state index contributed by atoms with van der Waals surface area (Å²) < 4.78 is 187. The van der Waals surface area contributed by atoms with Gasteiger partial charge < -0.3 is 20.4 Å². The molecule has 0 fully saturated rings. The van der Waals surface area contributed by atoms with Crippen LogP contribution in [0.2, 0.25) is 5.02 Å². The molecular weight excluding hydrogens is 1070 g/mol. The van der Waals surface area contributed by atoms with Crippen LogP contribution in [0.25, 0.3) is 22.0 Å². The number of fused-ring (bicyclic) bond motifs is 2. The molecule has 3 unspecified atom stereocenters. The first-order valence-electron chi connectivity index (χ1n) is 20.7. The third-order valence-electron chi connectivity index (χ3n) is 10.8. The highest BCUT2D eigenvalue weighted by molar-refractivity contribution is 7.86. The highest BCUT2D eigenvalue weighted by atomic mass is 35.5. The number of benzene rings is 2. The van der Waals surface area contributed by atoms with Gasteiger partial charge in [0, 0.05) is 59.0 Å². The van der Waals surface area contributed by atoms with Gasteiger partial charge in [-0.25, -0.2) is 27.3 Å². The number of nitrogens with one attached hydrogen (secondary N) is 2. The number of aromatic nitrogens is 5. The molecule has 0 radical (unpaired) electrons. The quantitative estimate of drug-likeness (QED) is 0.0342. The predicted molar refractivity (Wildman–Crippen MR) is 242 cm³/mol. The molecule has 2 aromatic carbocycles.